The van der Waals surface area contributed by atoms with Gasteiger partial charge in [0.1, 0.15) is 0 Å². The van der Waals surface area contributed by atoms with Gasteiger partial charge in [0.25, 0.3) is 0 Å². The molecule has 0 radical (unpaired) electrons. The van der Waals surface area contributed by atoms with Gasteiger partial charge in [-0.2, -0.15) is 0 Å². The highest BCUT2D eigenvalue weighted by molar-refractivity contribution is 7.15. The number of carbonyl (C=O) groups is 1. The van der Waals surface area contributed by atoms with Crippen LogP contribution in [0.5, 0.6) is 11.5 Å². The van der Waals surface area contributed by atoms with Crippen LogP contribution in [0.1, 0.15) is 0 Å². The molecule has 0 aliphatic heterocycles. The molecule has 142 valence electrons. The van der Waals surface area contributed by atoms with E-state index in [1.54, 1.807) is 43.8 Å². The number of aromatic nitrogens is 2. The third kappa shape index (κ3) is 3.63. The summed E-state index contributed by atoms with van der Waals surface area (Å²) in [4.78, 5) is 17.8. The maximum absolute atomic E-state index is 12.3. The van der Waals surface area contributed by atoms with Crippen LogP contribution in [0.15, 0.2) is 60.2 Å². The molecule has 2 heterocycles. The number of ether oxygens (including phenoxy) is 2. The first-order valence-corrected chi connectivity index (χ1v) is 9.37. The molecule has 4 aromatic rings. The fourth-order valence-corrected chi connectivity index (χ4v) is 3.50. The van der Waals surface area contributed by atoms with E-state index in [4.69, 9.17) is 9.47 Å². The second kappa shape index (κ2) is 7.61. The Labute approximate surface area is 165 Å². The molecule has 0 atom stereocenters. The molecule has 4 rings (SSSR count). The molecule has 8 heteroatoms. The van der Waals surface area contributed by atoms with Gasteiger partial charge in [-0.05, 0) is 24.3 Å². The summed E-state index contributed by atoms with van der Waals surface area (Å²) in [5.41, 5.74) is 3.17. The number of thiazole rings is 1. The summed E-state index contributed by atoms with van der Waals surface area (Å²) in [6.07, 6.45) is 3.96. The number of hydrogen-bond acceptors (Lipinski definition) is 5. The summed E-state index contributed by atoms with van der Waals surface area (Å²) in [5.74, 6) is 1.15. The van der Waals surface area contributed by atoms with Gasteiger partial charge in [0.15, 0.2) is 16.5 Å². The average Bonchev–Trinajstić information content (AvgIpc) is 3.30. The number of hydrogen-bond donors (Lipinski definition) is 2. The van der Waals surface area contributed by atoms with Gasteiger partial charge in [0.2, 0.25) is 0 Å². The van der Waals surface area contributed by atoms with Gasteiger partial charge < -0.3 is 20.1 Å². The lowest BCUT2D eigenvalue weighted by atomic mass is 10.1. The number of nitrogens with one attached hydrogen (secondary N) is 2. The van der Waals surface area contributed by atoms with E-state index >= 15 is 0 Å². The number of urea groups is 1. The molecule has 2 amide bonds. The minimum Gasteiger partial charge on any atom is -0.493 e. The molecule has 2 aromatic carbocycles. The molecule has 0 fully saturated rings. The second-order valence-electron chi connectivity index (χ2n) is 5.95. The second-order valence-corrected chi connectivity index (χ2v) is 6.82. The molecule has 28 heavy (non-hydrogen) atoms. The first kappa shape index (κ1) is 17.9. The number of anilines is 2. The summed E-state index contributed by atoms with van der Waals surface area (Å²) < 4.78 is 12.4. The van der Waals surface area contributed by atoms with E-state index in [-0.39, 0.29) is 6.03 Å². The molecule has 0 aliphatic carbocycles. The number of nitrogens with zero attached hydrogens (tertiary/aromatic N) is 2. The van der Waals surface area contributed by atoms with Crippen LogP contribution >= 0.6 is 11.3 Å². The minimum atomic E-state index is -0.345. The Morgan fingerprint density at radius 3 is 2.43 bits per heavy atom. The van der Waals surface area contributed by atoms with Crippen molar-refractivity contribution < 1.29 is 14.3 Å². The quantitative estimate of drug-likeness (QED) is 0.513. The molecule has 2 N–H and O–H groups in total. The zero-order valence-corrected chi connectivity index (χ0v) is 16.1. The van der Waals surface area contributed by atoms with Crippen molar-refractivity contribution in [3.63, 3.8) is 0 Å². The maximum atomic E-state index is 12.3. The third-order valence-corrected chi connectivity index (χ3v) is 4.94. The standard InChI is InChI=1S/C20H18N4O3S/c1-26-17-8-7-15(11-18(17)27-2)22-19(25)21-14-5-3-13(4-6-14)16-12-24-9-10-28-20(24)23-16/h3-12H,1-2H3,(H2,21,22,25). The zero-order chi connectivity index (χ0) is 19.5. The lowest BCUT2D eigenvalue weighted by molar-refractivity contribution is 0.262. The molecule has 0 spiro atoms. The Morgan fingerprint density at radius 1 is 1.00 bits per heavy atom. The number of fused-ring (bicyclic) bond motifs is 1. The van der Waals surface area contributed by atoms with Crippen molar-refractivity contribution in [1.82, 2.24) is 9.38 Å². The average molecular weight is 394 g/mol. The maximum Gasteiger partial charge on any atom is 0.323 e. The van der Waals surface area contributed by atoms with Crippen LogP contribution in [0, 0.1) is 0 Å². The van der Waals surface area contributed by atoms with Crippen molar-refractivity contribution in [2.24, 2.45) is 0 Å². The summed E-state index contributed by atoms with van der Waals surface area (Å²) >= 11 is 1.59. The number of amides is 2. The van der Waals surface area contributed by atoms with Crippen molar-refractivity contribution in [2.45, 2.75) is 0 Å². The lowest BCUT2D eigenvalue weighted by Gasteiger charge is -2.11. The van der Waals surface area contributed by atoms with Gasteiger partial charge in [-0.15, -0.1) is 11.3 Å². The first-order valence-electron chi connectivity index (χ1n) is 8.49. The number of benzene rings is 2. The Morgan fingerprint density at radius 2 is 1.71 bits per heavy atom. The highest BCUT2D eigenvalue weighted by Crippen LogP contribution is 2.30. The smallest absolute Gasteiger partial charge is 0.323 e. The largest absolute Gasteiger partial charge is 0.493 e. The fourth-order valence-electron chi connectivity index (χ4n) is 2.80. The first-order chi connectivity index (χ1) is 13.7. The van der Waals surface area contributed by atoms with Crippen LogP contribution in [-0.2, 0) is 0 Å². The van der Waals surface area contributed by atoms with E-state index in [2.05, 4.69) is 15.6 Å². The molecular weight excluding hydrogens is 376 g/mol. The molecular formula is C20H18N4O3S. The summed E-state index contributed by atoms with van der Waals surface area (Å²) in [6, 6.07) is 12.4. The number of imidazole rings is 1. The van der Waals surface area contributed by atoms with Gasteiger partial charge in [-0.25, -0.2) is 9.78 Å². The predicted octanol–water partition coefficient (Wildman–Crippen LogP) is 4.72. The van der Waals surface area contributed by atoms with Crippen LogP contribution in [0.4, 0.5) is 16.2 Å². The molecule has 0 unspecified atom stereocenters. The Hall–Kier alpha value is -3.52. The van der Waals surface area contributed by atoms with E-state index < -0.39 is 0 Å². The Balaban J connectivity index is 1.42. The topological polar surface area (TPSA) is 76.9 Å². The number of carbonyl (C=O) groups excluding carboxylic acids is 1. The normalized spacial score (nSPS) is 10.6. The molecule has 0 aliphatic rings. The molecule has 2 aromatic heterocycles. The van der Waals surface area contributed by atoms with Crippen LogP contribution in [0.25, 0.3) is 16.2 Å². The highest BCUT2D eigenvalue weighted by Gasteiger charge is 2.09. The molecule has 0 saturated heterocycles. The van der Waals surface area contributed by atoms with Crippen LogP contribution in [-0.4, -0.2) is 29.6 Å². The van der Waals surface area contributed by atoms with Gasteiger partial charge >= 0.3 is 6.03 Å². The SMILES string of the molecule is COc1ccc(NC(=O)Nc2ccc(-c3cn4ccsc4n3)cc2)cc1OC. The van der Waals surface area contributed by atoms with Gasteiger partial charge in [-0.1, -0.05) is 12.1 Å². The number of methoxy groups -OCH3 is 2. The lowest BCUT2D eigenvalue weighted by Crippen LogP contribution is -2.19. The van der Waals surface area contributed by atoms with E-state index in [9.17, 15) is 4.79 Å². The van der Waals surface area contributed by atoms with Crippen molar-refractivity contribution in [3.05, 3.63) is 60.2 Å². The van der Waals surface area contributed by atoms with Crippen molar-refractivity contribution in [1.29, 1.82) is 0 Å². The van der Waals surface area contributed by atoms with Crippen molar-refractivity contribution in [3.8, 4) is 22.8 Å². The predicted molar refractivity (Wildman–Crippen MR) is 111 cm³/mol. The van der Waals surface area contributed by atoms with E-state index in [1.165, 1.54) is 0 Å². The molecule has 7 nitrogen and oxygen atoms in total. The zero-order valence-electron chi connectivity index (χ0n) is 15.3. The van der Waals surface area contributed by atoms with Crippen LogP contribution in [0.3, 0.4) is 0 Å². The Bertz CT molecular complexity index is 1090. The third-order valence-electron chi connectivity index (χ3n) is 4.17. The minimum absolute atomic E-state index is 0.345. The van der Waals surface area contributed by atoms with Crippen molar-refractivity contribution >= 4 is 33.7 Å². The molecule has 0 bridgehead atoms. The van der Waals surface area contributed by atoms with E-state index in [0.717, 1.165) is 16.2 Å². The van der Waals surface area contributed by atoms with E-state index in [0.29, 0.717) is 22.9 Å². The summed E-state index contributed by atoms with van der Waals surface area (Å²) in [7, 11) is 3.11. The number of rotatable bonds is 5. The summed E-state index contributed by atoms with van der Waals surface area (Å²) in [6.45, 7) is 0. The highest BCUT2D eigenvalue weighted by atomic mass is 32.1. The Kier molecular flexibility index (Phi) is 4.86. The van der Waals surface area contributed by atoms with Crippen molar-refractivity contribution in [2.75, 3.05) is 24.9 Å². The molecule has 0 saturated carbocycles. The monoisotopic (exact) mass is 394 g/mol. The van der Waals surface area contributed by atoms with E-state index in [1.807, 2.05) is 46.4 Å². The van der Waals surface area contributed by atoms with Gasteiger partial charge in [-0.3, -0.25) is 4.40 Å². The van der Waals surface area contributed by atoms with Crippen LogP contribution < -0.4 is 20.1 Å². The fraction of sp³-hybridized carbons (Fsp3) is 0.100. The summed E-state index contributed by atoms with van der Waals surface area (Å²) in [5, 5.41) is 7.58. The van der Waals surface area contributed by atoms with Crippen LogP contribution in [0.2, 0.25) is 0 Å². The van der Waals surface area contributed by atoms with Gasteiger partial charge in [0.05, 0.1) is 19.9 Å². The van der Waals surface area contributed by atoms with Gasteiger partial charge in [0, 0.05) is 40.8 Å².